The molecule has 0 radical (unpaired) electrons. The first-order valence-corrected chi connectivity index (χ1v) is 8.95. The molecule has 0 unspecified atom stereocenters. The summed E-state index contributed by atoms with van der Waals surface area (Å²) in [6.45, 7) is 11.2. The Labute approximate surface area is 151 Å². The second kappa shape index (κ2) is 9.23. The molecule has 0 spiro atoms. The highest BCUT2D eigenvalue weighted by molar-refractivity contribution is 5.94. The topological polar surface area (TPSA) is 44.4 Å². The summed E-state index contributed by atoms with van der Waals surface area (Å²) in [6.07, 6.45) is 0. The summed E-state index contributed by atoms with van der Waals surface area (Å²) in [5.74, 6) is 0.0445. The number of nitrogens with zero attached hydrogens (tertiary/aromatic N) is 1. The van der Waals surface area contributed by atoms with Crippen LogP contribution in [0, 0.1) is 13.8 Å². The molecular formula is C21H29N3O. The van der Waals surface area contributed by atoms with Crippen LogP contribution in [0.3, 0.4) is 0 Å². The van der Waals surface area contributed by atoms with E-state index in [1.807, 2.05) is 25.1 Å². The van der Waals surface area contributed by atoms with Crippen molar-refractivity contribution in [1.29, 1.82) is 0 Å². The van der Waals surface area contributed by atoms with Gasteiger partial charge in [0, 0.05) is 17.9 Å². The fraction of sp³-hybridized carbons (Fsp3) is 0.381. The maximum atomic E-state index is 12.4. The molecule has 2 aromatic carbocycles. The van der Waals surface area contributed by atoms with Crippen LogP contribution < -0.4 is 10.6 Å². The number of hydrogen-bond donors (Lipinski definition) is 2. The van der Waals surface area contributed by atoms with Crippen LogP contribution in [0.1, 0.15) is 30.5 Å². The van der Waals surface area contributed by atoms with Gasteiger partial charge in [0.25, 0.3) is 0 Å². The summed E-state index contributed by atoms with van der Waals surface area (Å²) >= 11 is 0. The van der Waals surface area contributed by atoms with Crippen molar-refractivity contribution in [2.75, 3.05) is 30.3 Å². The Morgan fingerprint density at radius 3 is 2.32 bits per heavy atom. The first kappa shape index (κ1) is 19.0. The highest BCUT2D eigenvalue weighted by Gasteiger charge is 2.12. The van der Waals surface area contributed by atoms with Crippen molar-refractivity contribution < 1.29 is 4.79 Å². The average molecular weight is 339 g/mol. The lowest BCUT2D eigenvalue weighted by Gasteiger charge is -2.20. The van der Waals surface area contributed by atoms with Crippen molar-refractivity contribution in [3.63, 3.8) is 0 Å². The third kappa shape index (κ3) is 5.33. The van der Waals surface area contributed by atoms with Crippen LogP contribution in [0.15, 0.2) is 42.5 Å². The van der Waals surface area contributed by atoms with Crippen molar-refractivity contribution in [2.45, 2.75) is 34.2 Å². The summed E-state index contributed by atoms with van der Waals surface area (Å²) in [7, 11) is 0. The van der Waals surface area contributed by atoms with E-state index in [0.29, 0.717) is 6.54 Å². The molecule has 1 amide bonds. The minimum absolute atomic E-state index is 0.0445. The molecule has 2 rings (SSSR count). The predicted molar refractivity (Wildman–Crippen MR) is 106 cm³/mol. The van der Waals surface area contributed by atoms with Crippen LogP contribution in [-0.4, -0.2) is 30.4 Å². The Balaban J connectivity index is 2.09. The monoisotopic (exact) mass is 339 g/mol. The normalized spacial score (nSPS) is 10.8. The Morgan fingerprint density at radius 1 is 1.00 bits per heavy atom. The maximum absolute atomic E-state index is 12.4. The Hall–Kier alpha value is -2.33. The van der Waals surface area contributed by atoms with Crippen LogP contribution in [-0.2, 0) is 11.3 Å². The van der Waals surface area contributed by atoms with Crippen molar-refractivity contribution in [2.24, 2.45) is 0 Å². The van der Waals surface area contributed by atoms with Gasteiger partial charge in [-0.15, -0.1) is 0 Å². The number of para-hydroxylation sites is 1. The molecule has 0 saturated carbocycles. The van der Waals surface area contributed by atoms with Crippen LogP contribution in [0.25, 0.3) is 0 Å². The van der Waals surface area contributed by atoms with Gasteiger partial charge >= 0.3 is 0 Å². The molecule has 0 aliphatic rings. The number of nitrogens with one attached hydrogen (secondary N) is 2. The van der Waals surface area contributed by atoms with Crippen LogP contribution in [0.4, 0.5) is 11.4 Å². The first-order chi connectivity index (χ1) is 12.0. The second-order valence-corrected chi connectivity index (χ2v) is 6.27. The van der Waals surface area contributed by atoms with Crippen molar-refractivity contribution in [3.8, 4) is 0 Å². The molecule has 2 N–H and O–H groups in total. The van der Waals surface area contributed by atoms with Crippen molar-refractivity contribution in [3.05, 3.63) is 59.2 Å². The summed E-state index contributed by atoms with van der Waals surface area (Å²) in [5.41, 5.74) is 5.43. The van der Waals surface area contributed by atoms with E-state index in [2.05, 4.69) is 60.6 Å². The lowest BCUT2D eigenvalue weighted by molar-refractivity contribution is -0.117. The van der Waals surface area contributed by atoms with Gasteiger partial charge in [0.05, 0.1) is 6.54 Å². The summed E-state index contributed by atoms with van der Waals surface area (Å²) in [6, 6.07) is 14.3. The molecule has 0 aliphatic heterocycles. The smallest absolute Gasteiger partial charge is 0.238 e. The highest BCUT2D eigenvalue weighted by Crippen LogP contribution is 2.24. The molecule has 4 nitrogen and oxygen atoms in total. The van der Waals surface area contributed by atoms with Gasteiger partial charge in [-0.25, -0.2) is 0 Å². The second-order valence-electron chi connectivity index (χ2n) is 6.27. The lowest BCUT2D eigenvalue weighted by Crippen LogP contribution is -2.33. The lowest BCUT2D eigenvalue weighted by atomic mass is 10.0. The van der Waals surface area contributed by atoms with Gasteiger partial charge in [-0.05, 0) is 55.8 Å². The average Bonchev–Trinajstić information content (AvgIpc) is 2.63. The molecule has 0 aliphatic carbocycles. The Morgan fingerprint density at radius 2 is 1.68 bits per heavy atom. The van der Waals surface area contributed by atoms with E-state index < -0.39 is 0 Å². The van der Waals surface area contributed by atoms with E-state index >= 15 is 0 Å². The molecule has 25 heavy (non-hydrogen) atoms. The number of aryl methyl sites for hydroxylation is 1. The van der Waals surface area contributed by atoms with E-state index in [9.17, 15) is 4.79 Å². The van der Waals surface area contributed by atoms with E-state index in [-0.39, 0.29) is 5.91 Å². The van der Waals surface area contributed by atoms with Gasteiger partial charge in [0.15, 0.2) is 0 Å². The summed E-state index contributed by atoms with van der Waals surface area (Å²) in [5, 5.41) is 6.54. The van der Waals surface area contributed by atoms with Crippen LogP contribution in [0.5, 0.6) is 0 Å². The molecule has 0 aromatic heterocycles. The van der Waals surface area contributed by atoms with E-state index in [1.54, 1.807) is 0 Å². The van der Waals surface area contributed by atoms with Gasteiger partial charge in [-0.2, -0.15) is 0 Å². The molecule has 0 fully saturated rings. The number of carbonyl (C=O) groups is 1. The summed E-state index contributed by atoms with van der Waals surface area (Å²) in [4.78, 5) is 14.5. The molecule has 0 bridgehead atoms. The molecule has 0 saturated heterocycles. The van der Waals surface area contributed by atoms with E-state index in [1.165, 1.54) is 5.56 Å². The number of hydrogen-bond acceptors (Lipinski definition) is 3. The molecule has 2 aromatic rings. The molecule has 4 heteroatoms. The number of benzene rings is 2. The fourth-order valence-electron chi connectivity index (χ4n) is 2.86. The standard InChI is InChI=1S/C21H29N3O/c1-5-24(6-2)15-20(25)23-21-16(3)12-13-18(17(21)4)14-22-19-10-8-7-9-11-19/h7-13,22H,5-6,14-15H2,1-4H3,(H,23,25). The van der Waals surface area contributed by atoms with Gasteiger partial charge in [-0.3, -0.25) is 9.69 Å². The molecule has 0 atom stereocenters. The van der Waals surface area contributed by atoms with Gasteiger partial charge < -0.3 is 10.6 Å². The molecule has 134 valence electrons. The number of rotatable bonds is 8. The number of likely N-dealkylation sites (N-methyl/N-ethyl adjacent to an activating group) is 1. The SMILES string of the molecule is CCN(CC)CC(=O)Nc1c(C)ccc(CNc2ccccc2)c1C. The minimum Gasteiger partial charge on any atom is -0.381 e. The maximum Gasteiger partial charge on any atom is 0.238 e. The predicted octanol–water partition coefficient (Wildman–Crippen LogP) is 4.20. The largest absolute Gasteiger partial charge is 0.381 e. The summed E-state index contributed by atoms with van der Waals surface area (Å²) < 4.78 is 0. The fourth-order valence-corrected chi connectivity index (χ4v) is 2.86. The third-order valence-electron chi connectivity index (χ3n) is 4.57. The number of anilines is 2. The first-order valence-electron chi connectivity index (χ1n) is 8.95. The van der Waals surface area contributed by atoms with Crippen molar-refractivity contribution in [1.82, 2.24) is 4.90 Å². The highest BCUT2D eigenvalue weighted by atomic mass is 16.2. The van der Waals surface area contributed by atoms with Gasteiger partial charge in [0.1, 0.15) is 0 Å². The third-order valence-corrected chi connectivity index (χ3v) is 4.57. The molecule has 0 heterocycles. The number of amides is 1. The Bertz CT molecular complexity index is 694. The van der Waals surface area contributed by atoms with Crippen molar-refractivity contribution >= 4 is 17.3 Å². The minimum atomic E-state index is 0.0445. The van der Waals surface area contributed by atoms with Gasteiger partial charge in [-0.1, -0.05) is 44.2 Å². The zero-order valence-corrected chi connectivity index (χ0v) is 15.7. The van der Waals surface area contributed by atoms with E-state index in [4.69, 9.17) is 0 Å². The van der Waals surface area contributed by atoms with Gasteiger partial charge in [0.2, 0.25) is 5.91 Å². The van der Waals surface area contributed by atoms with Crippen LogP contribution in [0.2, 0.25) is 0 Å². The molecular weight excluding hydrogens is 310 g/mol. The quantitative estimate of drug-likeness (QED) is 0.758. The zero-order valence-electron chi connectivity index (χ0n) is 15.7. The zero-order chi connectivity index (χ0) is 18.2. The van der Waals surface area contributed by atoms with Crippen LogP contribution >= 0.6 is 0 Å². The Kier molecular flexibility index (Phi) is 7.02. The number of carbonyl (C=O) groups excluding carboxylic acids is 1. The van der Waals surface area contributed by atoms with E-state index in [0.717, 1.165) is 42.1 Å².